The molecule has 1 heterocycles. The summed E-state index contributed by atoms with van der Waals surface area (Å²) in [6.07, 6.45) is 0. The monoisotopic (exact) mass is 309 g/mol. The van der Waals surface area contributed by atoms with Crippen LogP contribution in [-0.4, -0.2) is 35.2 Å². The zero-order valence-corrected chi connectivity index (χ0v) is 12.2. The molecule has 2 aromatic rings. The van der Waals surface area contributed by atoms with Gasteiger partial charge in [-0.2, -0.15) is 11.8 Å². The summed E-state index contributed by atoms with van der Waals surface area (Å²) in [5.74, 6) is -0.0291. The van der Waals surface area contributed by atoms with Crippen LogP contribution < -0.4 is 9.74 Å². The molecule has 0 radical (unpaired) electrons. The number of fused-ring (bicyclic) bond motifs is 1. The zero-order valence-electron chi connectivity index (χ0n) is 11.4. The molecular weight excluding hydrogens is 294 g/mol. The summed E-state index contributed by atoms with van der Waals surface area (Å²) in [4.78, 5) is 24.3. The molecule has 21 heavy (non-hydrogen) atoms. The van der Waals surface area contributed by atoms with E-state index in [4.69, 9.17) is 5.11 Å². The summed E-state index contributed by atoms with van der Waals surface area (Å²) in [5.41, 5.74) is 0.222. The number of carbonyl (C=O) groups is 1. The Morgan fingerprint density at radius 1 is 1.48 bits per heavy atom. The number of aromatic nitrogens is 2. The first-order valence-electron chi connectivity index (χ1n) is 6.29. The Bertz CT molecular complexity index is 729. The van der Waals surface area contributed by atoms with Gasteiger partial charge in [0.1, 0.15) is 11.2 Å². The number of hydrogen-bond acceptors (Lipinski definition) is 5. The lowest BCUT2D eigenvalue weighted by Gasteiger charge is -2.18. The van der Waals surface area contributed by atoms with Crippen LogP contribution in [0, 0.1) is 10.1 Å². The fourth-order valence-corrected chi connectivity index (χ4v) is 2.71. The van der Waals surface area contributed by atoms with Crippen LogP contribution in [0.15, 0.2) is 24.3 Å². The molecule has 112 valence electrons. The van der Waals surface area contributed by atoms with E-state index < -0.39 is 5.91 Å². The second-order valence-electron chi connectivity index (χ2n) is 4.23. The standard InChI is InChI=1S/C13H15N3O4S/c1-14-13(18)12-11(8-21-7-6-17)15(19)9-4-2-3-5-10(9)16(12)20/h2-5,17H,6-8H2,1H3,(H,14,18). The van der Waals surface area contributed by atoms with E-state index >= 15 is 0 Å². The van der Waals surface area contributed by atoms with Gasteiger partial charge in [0.2, 0.25) is 0 Å². The predicted octanol–water partition coefficient (Wildman–Crippen LogP) is 0.487. The maximum atomic E-state index is 12.4. The van der Waals surface area contributed by atoms with E-state index in [0.717, 1.165) is 0 Å². The van der Waals surface area contributed by atoms with Gasteiger partial charge in [-0.05, 0) is 6.07 Å². The first-order chi connectivity index (χ1) is 10.1. The topological polar surface area (TPSA) is 100 Å². The van der Waals surface area contributed by atoms with Crippen LogP contribution in [-0.2, 0) is 5.75 Å². The Labute approximate surface area is 124 Å². The number of thioether (sulfide) groups is 1. The number of carbonyl (C=O) groups excluding carboxylic acids is 1. The quantitative estimate of drug-likeness (QED) is 0.618. The number of amides is 1. The molecule has 7 nitrogen and oxygen atoms in total. The molecule has 0 aliphatic rings. The summed E-state index contributed by atoms with van der Waals surface area (Å²) in [6, 6.07) is 6.31. The molecule has 0 bridgehead atoms. The van der Waals surface area contributed by atoms with Crippen molar-refractivity contribution in [2.24, 2.45) is 0 Å². The maximum absolute atomic E-state index is 12.4. The number of aliphatic hydroxyl groups excluding tert-OH is 1. The average molecular weight is 309 g/mol. The normalized spacial score (nSPS) is 10.8. The molecule has 0 spiro atoms. The van der Waals surface area contributed by atoms with Crippen molar-refractivity contribution >= 4 is 28.7 Å². The average Bonchev–Trinajstić information content (AvgIpc) is 2.51. The highest BCUT2D eigenvalue weighted by atomic mass is 32.2. The van der Waals surface area contributed by atoms with E-state index in [1.165, 1.54) is 30.9 Å². The van der Waals surface area contributed by atoms with Gasteiger partial charge in [0.25, 0.3) is 5.52 Å². The van der Waals surface area contributed by atoms with Crippen LogP contribution in [0.3, 0.4) is 0 Å². The highest BCUT2D eigenvalue weighted by Gasteiger charge is 2.27. The largest absolute Gasteiger partial charge is 0.805 e. The lowest BCUT2D eigenvalue weighted by atomic mass is 10.2. The first-order valence-corrected chi connectivity index (χ1v) is 7.44. The predicted molar refractivity (Wildman–Crippen MR) is 80.7 cm³/mol. The number of nitrogens with zero attached hydrogens (tertiary/aromatic N) is 2. The molecule has 0 atom stereocenters. The molecule has 0 saturated heterocycles. The number of nitrogens with one attached hydrogen (secondary N) is 1. The molecule has 2 N–H and O–H groups in total. The van der Waals surface area contributed by atoms with Crippen LogP contribution in [0.5, 0.6) is 0 Å². The van der Waals surface area contributed by atoms with Crippen molar-refractivity contribution < 1.29 is 14.3 Å². The Balaban J connectivity index is 2.70. The summed E-state index contributed by atoms with van der Waals surface area (Å²) < 4.78 is 1.09. The minimum Gasteiger partial charge on any atom is -0.805 e. The number of para-hydroxylation sites is 2. The summed E-state index contributed by atoms with van der Waals surface area (Å²) in [7, 11) is 1.40. The third-order valence-corrected chi connectivity index (χ3v) is 3.91. The summed E-state index contributed by atoms with van der Waals surface area (Å²) in [6.45, 7) is -0.0379. The molecule has 0 saturated carbocycles. The molecular formula is C13H15N3O4S. The molecule has 1 aromatic carbocycles. The van der Waals surface area contributed by atoms with E-state index in [9.17, 15) is 14.9 Å². The van der Waals surface area contributed by atoms with Crippen LogP contribution in [0.25, 0.3) is 11.0 Å². The van der Waals surface area contributed by atoms with Crippen molar-refractivity contribution in [3.63, 3.8) is 0 Å². The lowest BCUT2D eigenvalue weighted by molar-refractivity contribution is -0.468. The highest BCUT2D eigenvalue weighted by Crippen LogP contribution is 2.19. The van der Waals surface area contributed by atoms with E-state index in [0.29, 0.717) is 14.9 Å². The van der Waals surface area contributed by atoms with E-state index in [-0.39, 0.29) is 34.8 Å². The van der Waals surface area contributed by atoms with Crippen LogP contribution >= 0.6 is 11.8 Å². The van der Waals surface area contributed by atoms with Crippen molar-refractivity contribution in [2.75, 3.05) is 19.4 Å². The van der Waals surface area contributed by atoms with E-state index in [1.54, 1.807) is 12.1 Å². The summed E-state index contributed by atoms with van der Waals surface area (Å²) in [5, 5.41) is 23.6. The van der Waals surface area contributed by atoms with Crippen LogP contribution in [0.1, 0.15) is 16.2 Å². The van der Waals surface area contributed by atoms with Crippen molar-refractivity contribution in [3.8, 4) is 0 Å². The zero-order chi connectivity index (χ0) is 15.4. The molecule has 1 amide bonds. The maximum Gasteiger partial charge on any atom is 0.347 e. The summed E-state index contributed by atoms with van der Waals surface area (Å²) >= 11 is 1.28. The van der Waals surface area contributed by atoms with Gasteiger partial charge in [-0.3, -0.25) is 4.79 Å². The number of benzene rings is 1. The van der Waals surface area contributed by atoms with Gasteiger partial charge in [0.15, 0.2) is 0 Å². The third kappa shape index (κ3) is 2.86. The van der Waals surface area contributed by atoms with Crippen LogP contribution in [0.2, 0.25) is 0 Å². The van der Waals surface area contributed by atoms with Gasteiger partial charge in [-0.15, -0.1) is 0 Å². The molecule has 8 heteroatoms. The number of rotatable bonds is 5. The fourth-order valence-electron chi connectivity index (χ4n) is 1.99. The van der Waals surface area contributed by atoms with E-state index in [2.05, 4.69) is 5.32 Å². The Morgan fingerprint density at radius 3 is 2.86 bits per heavy atom. The molecule has 0 unspecified atom stereocenters. The van der Waals surface area contributed by atoms with Gasteiger partial charge in [0.05, 0.1) is 11.0 Å². The van der Waals surface area contributed by atoms with Gasteiger partial charge in [-0.1, -0.05) is 12.1 Å². The first kappa shape index (κ1) is 15.3. The van der Waals surface area contributed by atoms with Crippen molar-refractivity contribution in [2.45, 2.75) is 5.75 Å². The Kier molecular flexibility index (Phi) is 4.81. The smallest absolute Gasteiger partial charge is 0.347 e. The molecule has 1 aromatic heterocycles. The minimum atomic E-state index is -0.611. The molecule has 2 rings (SSSR count). The van der Waals surface area contributed by atoms with Gasteiger partial charge in [0, 0.05) is 29.5 Å². The fraction of sp³-hybridized carbons (Fsp3) is 0.308. The second kappa shape index (κ2) is 6.59. The molecule has 0 fully saturated rings. The van der Waals surface area contributed by atoms with Gasteiger partial charge >= 0.3 is 11.6 Å². The van der Waals surface area contributed by atoms with Crippen molar-refractivity contribution in [1.29, 1.82) is 0 Å². The number of hydrogen-bond donors (Lipinski definition) is 2. The van der Waals surface area contributed by atoms with E-state index in [1.807, 2.05) is 0 Å². The Morgan fingerprint density at radius 2 is 2.19 bits per heavy atom. The third-order valence-electron chi connectivity index (χ3n) is 2.96. The Hall–Kier alpha value is -2.06. The number of aliphatic hydroxyl groups is 1. The van der Waals surface area contributed by atoms with Crippen molar-refractivity contribution in [3.05, 3.63) is 45.8 Å². The van der Waals surface area contributed by atoms with Gasteiger partial charge in [-0.25, -0.2) is 0 Å². The second-order valence-corrected chi connectivity index (χ2v) is 5.33. The highest BCUT2D eigenvalue weighted by molar-refractivity contribution is 7.98. The lowest BCUT2D eigenvalue weighted by Crippen LogP contribution is -2.36. The molecule has 0 aliphatic carbocycles. The molecule has 0 aliphatic heterocycles. The van der Waals surface area contributed by atoms with Crippen molar-refractivity contribution in [1.82, 2.24) is 10.0 Å². The SMILES string of the molecule is CNC(=O)c1c(CSCCO)n([O-])c2ccccc2[n+]1=O. The van der Waals surface area contributed by atoms with Crippen LogP contribution in [0.4, 0.5) is 0 Å². The van der Waals surface area contributed by atoms with Gasteiger partial charge < -0.3 is 20.4 Å². The minimum absolute atomic E-state index is 0.0379.